The highest BCUT2D eigenvalue weighted by Gasteiger charge is 2.17. The topological polar surface area (TPSA) is 55.4 Å². The van der Waals surface area contributed by atoms with Crippen LogP contribution in [0.25, 0.3) is 0 Å². The number of aldehydes is 1. The minimum Gasteiger partial charge on any atom is -0.444 e. The van der Waals surface area contributed by atoms with Gasteiger partial charge in [0, 0.05) is 17.1 Å². The highest BCUT2D eigenvalue weighted by atomic mass is 35.5. The molecule has 0 aliphatic carbocycles. The van der Waals surface area contributed by atoms with Crippen LogP contribution in [0.2, 0.25) is 5.02 Å². The fourth-order valence-electron chi connectivity index (χ4n) is 1.36. The van der Waals surface area contributed by atoms with Crippen molar-refractivity contribution in [2.24, 2.45) is 0 Å². The minimum atomic E-state index is -0.568. The van der Waals surface area contributed by atoms with Gasteiger partial charge in [-0.3, -0.25) is 5.32 Å². The zero-order valence-electron chi connectivity index (χ0n) is 10.6. The Bertz CT molecular complexity index is 452. The summed E-state index contributed by atoms with van der Waals surface area (Å²) in [6.45, 7) is 5.34. The molecule has 0 unspecified atom stereocenters. The Morgan fingerprint density at radius 1 is 1.44 bits per heavy atom. The van der Waals surface area contributed by atoms with E-state index in [0.29, 0.717) is 16.3 Å². The summed E-state index contributed by atoms with van der Waals surface area (Å²) in [5, 5.41) is 3.12. The molecular weight excluding hydrogens is 254 g/mol. The third kappa shape index (κ3) is 4.75. The predicted octanol–water partition coefficient (Wildman–Crippen LogP) is 3.43. The number of hydrogen-bond acceptors (Lipinski definition) is 3. The summed E-state index contributed by atoms with van der Waals surface area (Å²) in [7, 11) is 0. The van der Waals surface area contributed by atoms with Crippen LogP contribution < -0.4 is 5.32 Å². The molecule has 0 saturated carbocycles. The van der Waals surface area contributed by atoms with E-state index in [1.54, 1.807) is 39.0 Å². The average molecular weight is 270 g/mol. The second-order valence-corrected chi connectivity index (χ2v) is 5.24. The second kappa shape index (κ2) is 5.87. The van der Waals surface area contributed by atoms with Gasteiger partial charge in [0.15, 0.2) is 0 Å². The Hall–Kier alpha value is -1.55. The van der Waals surface area contributed by atoms with E-state index >= 15 is 0 Å². The molecule has 0 fully saturated rings. The molecule has 1 aromatic carbocycles. The van der Waals surface area contributed by atoms with Gasteiger partial charge < -0.3 is 9.53 Å². The zero-order valence-corrected chi connectivity index (χ0v) is 11.4. The SMILES string of the molecule is CC(C)(C)OC(=O)Nc1ccc(Cl)cc1CC=O. The van der Waals surface area contributed by atoms with Crippen LogP contribution in [0, 0.1) is 0 Å². The molecular formula is C13H16ClNO3. The van der Waals surface area contributed by atoms with Crippen LogP contribution in [-0.2, 0) is 16.0 Å². The van der Waals surface area contributed by atoms with Crippen LogP contribution >= 0.6 is 11.6 Å². The Kier molecular flexibility index (Phi) is 4.73. The molecule has 0 spiro atoms. The Morgan fingerprint density at radius 2 is 2.11 bits per heavy atom. The monoisotopic (exact) mass is 269 g/mol. The van der Waals surface area contributed by atoms with Crippen LogP contribution in [0.4, 0.5) is 10.5 Å². The lowest BCUT2D eigenvalue weighted by molar-refractivity contribution is -0.107. The molecule has 1 rings (SSSR count). The number of hydrogen-bond donors (Lipinski definition) is 1. The highest BCUT2D eigenvalue weighted by Crippen LogP contribution is 2.21. The lowest BCUT2D eigenvalue weighted by atomic mass is 10.1. The number of carbonyl (C=O) groups excluding carboxylic acids is 2. The van der Waals surface area contributed by atoms with E-state index in [-0.39, 0.29) is 6.42 Å². The zero-order chi connectivity index (χ0) is 13.8. The van der Waals surface area contributed by atoms with Crippen LogP contribution in [-0.4, -0.2) is 18.0 Å². The molecule has 1 aromatic rings. The van der Waals surface area contributed by atoms with Crippen molar-refractivity contribution in [2.45, 2.75) is 32.8 Å². The molecule has 0 aliphatic heterocycles. The smallest absolute Gasteiger partial charge is 0.412 e. The fourth-order valence-corrected chi connectivity index (χ4v) is 1.55. The van der Waals surface area contributed by atoms with Gasteiger partial charge in [-0.2, -0.15) is 0 Å². The number of carbonyl (C=O) groups is 2. The molecule has 0 bridgehead atoms. The maximum atomic E-state index is 11.6. The molecule has 18 heavy (non-hydrogen) atoms. The van der Waals surface area contributed by atoms with E-state index in [9.17, 15) is 9.59 Å². The van der Waals surface area contributed by atoms with Crippen LogP contribution in [0.15, 0.2) is 18.2 Å². The van der Waals surface area contributed by atoms with Gasteiger partial charge in [0.1, 0.15) is 11.9 Å². The van der Waals surface area contributed by atoms with Gasteiger partial charge in [0.25, 0.3) is 0 Å². The van der Waals surface area contributed by atoms with E-state index in [1.807, 2.05) is 0 Å². The van der Waals surface area contributed by atoms with Crippen molar-refractivity contribution in [3.63, 3.8) is 0 Å². The summed E-state index contributed by atoms with van der Waals surface area (Å²) in [4.78, 5) is 22.2. The minimum absolute atomic E-state index is 0.186. The number of rotatable bonds is 3. The second-order valence-electron chi connectivity index (χ2n) is 4.80. The summed E-state index contributed by atoms with van der Waals surface area (Å²) in [6.07, 6.45) is 0.384. The van der Waals surface area contributed by atoms with E-state index in [0.717, 1.165) is 6.29 Å². The maximum absolute atomic E-state index is 11.6. The Labute approximate surface area is 111 Å². The van der Waals surface area contributed by atoms with Gasteiger partial charge in [-0.05, 0) is 44.5 Å². The van der Waals surface area contributed by atoms with Crippen molar-refractivity contribution >= 4 is 29.7 Å². The molecule has 4 nitrogen and oxygen atoms in total. The molecule has 0 saturated heterocycles. The molecule has 0 aromatic heterocycles. The van der Waals surface area contributed by atoms with Crippen molar-refractivity contribution in [3.05, 3.63) is 28.8 Å². The number of benzene rings is 1. The Morgan fingerprint density at radius 3 is 2.67 bits per heavy atom. The third-order valence-electron chi connectivity index (χ3n) is 2.01. The lowest BCUT2D eigenvalue weighted by Crippen LogP contribution is -2.27. The molecule has 0 heterocycles. The molecule has 1 amide bonds. The highest BCUT2D eigenvalue weighted by molar-refractivity contribution is 6.30. The van der Waals surface area contributed by atoms with E-state index in [1.165, 1.54) is 0 Å². The first-order valence-corrected chi connectivity index (χ1v) is 5.91. The molecule has 0 radical (unpaired) electrons. The number of ether oxygens (including phenoxy) is 1. The van der Waals surface area contributed by atoms with Crippen molar-refractivity contribution in [1.82, 2.24) is 0 Å². The van der Waals surface area contributed by atoms with E-state index in [2.05, 4.69) is 5.32 Å². The maximum Gasteiger partial charge on any atom is 0.412 e. The summed E-state index contributed by atoms with van der Waals surface area (Å²) < 4.78 is 5.13. The van der Waals surface area contributed by atoms with Gasteiger partial charge in [-0.15, -0.1) is 0 Å². The lowest BCUT2D eigenvalue weighted by Gasteiger charge is -2.20. The van der Waals surface area contributed by atoms with Crippen LogP contribution in [0.5, 0.6) is 0 Å². The van der Waals surface area contributed by atoms with Crippen LogP contribution in [0.3, 0.4) is 0 Å². The van der Waals surface area contributed by atoms with Gasteiger partial charge in [-0.1, -0.05) is 11.6 Å². The number of halogens is 1. The summed E-state index contributed by atoms with van der Waals surface area (Å²) in [6, 6.07) is 4.93. The molecule has 1 N–H and O–H groups in total. The average Bonchev–Trinajstić information content (AvgIpc) is 2.20. The van der Waals surface area contributed by atoms with E-state index < -0.39 is 11.7 Å². The number of nitrogens with one attached hydrogen (secondary N) is 1. The fraction of sp³-hybridized carbons (Fsp3) is 0.385. The molecule has 0 aliphatic rings. The summed E-state index contributed by atoms with van der Waals surface area (Å²) in [5.41, 5.74) is 0.616. The summed E-state index contributed by atoms with van der Waals surface area (Å²) in [5.74, 6) is 0. The van der Waals surface area contributed by atoms with Gasteiger partial charge in [0.05, 0.1) is 0 Å². The standard InChI is InChI=1S/C13H16ClNO3/c1-13(2,3)18-12(17)15-11-5-4-10(14)8-9(11)6-7-16/h4-5,7-8H,6H2,1-3H3,(H,15,17). The van der Waals surface area contributed by atoms with Crippen LogP contribution in [0.1, 0.15) is 26.3 Å². The van der Waals surface area contributed by atoms with Crippen molar-refractivity contribution in [3.8, 4) is 0 Å². The van der Waals surface area contributed by atoms with Crippen molar-refractivity contribution in [1.29, 1.82) is 0 Å². The van der Waals surface area contributed by atoms with Gasteiger partial charge >= 0.3 is 6.09 Å². The first kappa shape index (κ1) is 14.5. The van der Waals surface area contributed by atoms with E-state index in [4.69, 9.17) is 16.3 Å². The number of anilines is 1. The van der Waals surface area contributed by atoms with Gasteiger partial charge in [-0.25, -0.2) is 4.79 Å². The quantitative estimate of drug-likeness (QED) is 0.856. The molecule has 5 heteroatoms. The van der Waals surface area contributed by atoms with Gasteiger partial charge in [0.2, 0.25) is 0 Å². The Balaban J connectivity index is 2.83. The first-order chi connectivity index (χ1) is 8.31. The first-order valence-electron chi connectivity index (χ1n) is 5.54. The van der Waals surface area contributed by atoms with Crippen molar-refractivity contribution in [2.75, 3.05) is 5.32 Å². The normalized spacial score (nSPS) is 10.9. The summed E-state index contributed by atoms with van der Waals surface area (Å²) >= 11 is 5.84. The third-order valence-corrected chi connectivity index (χ3v) is 2.24. The molecule has 98 valence electrons. The largest absolute Gasteiger partial charge is 0.444 e. The number of amides is 1. The predicted molar refractivity (Wildman–Crippen MR) is 71.1 cm³/mol. The molecule has 0 atom stereocenters. The van der Waals surface area contributed by atoms with Crippen molar-refractivity contribution < 1.29 is 14.3 Å².